The molecule has 3 heteroatoms. The molecule has 3 fully saturated rings. The molecular weight excluding hydrogens is 210 g/mol. The van der Waals surface area contributed by atoms with E-state index >= 15 is 0 Å². The van der Waals surface area contributed by atoms with Gasteiger partial charge in [-0.25, -0.2) is 4.98 Å². The van der Waals surface area contributed by atoms with Gasteiger partial charge in [-0.05, 0) is 56.3 Å². The van der Waals surface area contributed by atoms with E-state index in [0.717, 1.165) is 23.7 Å². The van der Waals surface area contributed by atoms with Crippen LogP contribution in [0.2, 0.25) is 0 Å². The van der Waals surface area contributed by atoms with Crippen LogP contribution in [0.25, 0.3) is 0 Å². The van der Waals surface area contributed by atoms with E-state index in [2.05, 4.69) is 21.1 Å². The van der Waals surface area contributed by atoms with E-state index in [4.69, 9.17) is 0 Å². The van der Waals surface area contributed by atoms with Crippen molar-refractivity contribution in [2.24, 2.45) is 17.8 Å². The second kappa shape index (κ2) is 3.76. The number of aromatic nitrogens is 2. The van der Waals surface area contributed by atoms with Crippen LogP contribution in [0, 0.1) is 17.8 Å². The maximum atomic E-state index is 4.46. The highest BCUT2D eigenvalue weighted by atomic mass is 15.2. The molecule has 0 aromatic carbocycles. The van der Waals surface area contributed by atoms with Crippen molar-refractivity contribution in [1.29, 1.82) is 0 Å². The van der Waals surface area contributed by atoms with Crippen LogP contribution in [0.4, 0.5) is 5.95 Å². The van der Waals surface area contributed by atoms with Crippen molar-refractivity contribution >= 4 is 5.95 Å². The molecule has 3 aliphatic rings. The molecule has 0 saturated heterocycles. The van der Waals surface area contributed by atoms with Gasteiger partial charge in [0.25, 0.3) is 0 Å². The highest BCUT2D eigenvalue weighted by Gasteiger charge is 2.41. The summed E-state index contributed by atoms with van der Waals surface area (Å²) in [6, 6.07) is 0.705. The minimum absolute atomic E-state index is 0.705. The molecule has 3 aliphatic carbocycles. The first-order valence-electron chi connectivity index (χ1n) is 7.18. The Morgan fingerprint density at radius 1 is 1.18 bits per heavy atom. The molecule has 0 atom stereocenters. The molecule has 3 nitrogen and oxygen atoms in total. The lowest BCUT2D eigenvalue weighted by molar-refractivity contribution is 0.350. The summed E-state index contributed by atoms with van der Waals surface area (Å²) < 4.78 is 2.36. The summed E-state index contributed by atoms with van der Waals surface area (Å²) in [5, 5.41) is 3.54. The SMILES string of the molecule is c1cn(CC(C2CC2)C2CC2)c(NC2CC2)n1. The Morgan fingerprint density at radius 2 is 1.88 bits per heavy atom. The van der Waals surface area contributed by atoms with Gasteiger partial charge in [-0.2, -0.15) is 0 Å². The lowest BCUT2D eigenvalue weighted by Gasteiger charge is -2.18. The maximum absolute atomic E-state index is 4.46. The number of nitrogens with one attached hydrogen (secondary N) is 1. The molecule has 0 unspecified atom stereocenters. The van der Waals surface area contributed by atoms with Gasteiger partial charge in [-0.3, -0.25) is 0 Å². The van der Waals surface area contributed by atoms with Crippen LogP contribution in [0.3, 0.4) is 0 Å². The van der Waals surface area contributed by atoms with Gasteiger partial charge in [0.05, 0.1) is 0 Å². The lowest BCUT2D eigenvalue weighted by Crippen LogP contribution is -2.17. The minimum atomic E-state index is 0.705. The Morgan fingerprint density at radius 3 is 2.47 bits per heavy atom. The average molecular weight is 231 g/mol. The molecule has 0 aliphatic heterocycles. The van der Waals surface area contributed by atoms with Gasteiger partial charge in [0.1, 0.15) is 0 Å². The number of imidazole rings is 1. The molecule has 1 aromatic rings. The van der Waals surface area contributed by atoms with Crippen LogP contribution < -0.4 is 5.32 Å². The first-order chi connectivity index (χ1) is 8.40. The van der Waals surface area contributed by atoms with E-state index in [9.17, 15) is 0 Å². The Balaban J connectivity index is 1.47. The molecule has 17 heavy (non-hydrogen) atoms. The molecule has 1 aromatic heterocycles. The monoisotopic (exact) mass is 231 g/mol. The standard InChI is InChI=1S/C14H21N3/c1-2-10(1)13(11-3-4-11)9-17-8-7-15-14(17)16-12-5-6-12/h7-8,10-13H,1-6,9H2,(H,15,16). The number of hydrogen-bond acceptors (Lipinski definition) is 2. The second-order valence-electron chi connectivity index (χ2n) is 6.16. The van der Waals surface area contributed by atoms with E-state index in [0.29, 0.717) is 6.04 Å². The zero-order valence-corrected chi connectivity index (χ0v) is 10.3. The van der Waals surface area contributed by atoms with Crippen LogP contribution >= 0.6 is 0 Å². The smallest absolute Gasteiger partial charge is 0.202 e. The van der Waals surface area contributed by atoms with Gasteiger partial charge in [0.15, 0.2) is 0 Å². The van der Waals surface area contributed by atoms with E-state index in [1.807, 2.05) is 6.20 Å². The zero-order chi connectivity index (χ0) is 11.2. The Labute approximate surface area is 103 Å². The predicted octanol–water partition coefficient (Wildman–Crippen LogP) is 2.89. The molecule has 92 valence electrons. The summed E-state index contributed by atoms with van der Waals surface area (Å²) in [5.74, 6) is 4.10. The third-order valence-corrected chi connectivity index (χ3v) is 4.49. The van der Waals surface area contributed by atoms with Gasteiger partial charge < -0.3 is 9.88 Å². The first kappa shape index (κ1) is 9.98. The van der Waals surface area contributed by atoms with Crippen LogP contribution in [0.5, 0.6) is 0 Å². The van der Waals surface area contributed by atoms with Gasteiger partial charge in [0, 0.05) is 25.0 Å². The van der Waals surface area contributed by atoms with Crippen molar-refractivity contribution in [2.45, 2.75) is 51.1 Å². The summed E-state index contributed by atoms with van der Waals surface area (Å²) in [6.45, 7) is 1.20. The lowest BCUT2D eigenvalue weighted by atomic mass is 9.98. The van der Waals surface area contributed by atoms with E-state index in [-0.39, 0.29) is 0 Å². The summed E-state index contributed by atoms with van der Waals surface area (Å²) in [7, 11) is 0. The zero-order valence-electron chi connectivity index (χ0n) is 10.3. The number of nitrogens with zero attached hydrogens (tertiary/aromatic N) is 2. The van der Waals surface area contributed by atoms with Gasteiger partial charge in [-0.15, -0.1) is 0 Å². The fourth-order valence-electron chi connectivity index (χ4n) is 2.97. The molecule has 1 heterocycles. The topological polar surface area (TPSA) is 29.9 Å². The highest BCUT2D eigenvalue weighted by molar-refractivity contribution is 5.29. The number of hydrogen-bond donors (Lipinski definition) is 1. The van der Waals surface area contributed by atoms with Crippen LogP contribution in [0.1, 0.15) is 38.5 Å². The third-order valence-electron chi connectivity index (χ3n) is 4.49. The summed E-state index contributed by atoms with van der Waals surface area (Å²) >= 11 is 0. The largest absolute Gasteiger partial charge is 0.353 e. The fraction of sp³-hybridized carbons (Fsp3) is 0.786. The molecular formula is C14H21N3. The van der Waals surface area contributed by atoms with Gasteiger partial charge in [-0.1, -0.05) is 0 Å². The molecule has 0 radical (unpaired) electrons. The molecule has 4 rings (SSSR count). The van der Waals surface area contributed by atoms with Crippen molar-refractivity contribution in [3.63, 3.8) is 0 Å². The quantitative estimate of drug-likeness (QED) is 0.816. The molecule has 1 N–H and O–H groups in total. The number of anilines is 1. The summed E-state index contributed by atoms with van der Waals surface area (Å²) in [6.07, 6.45) is 12.6. The van der Waals surface area contributed by atoms with Gasteiger partial charge >= 0.3 is 0 Å². The first-order valence-corrected chi connectivity index (χ1v) is 7.18. The van der Waals surface area contributed by atoms with Gasteiger partial charge in [0.2, 0.25) is 5.95 Å². The van der Waals surface area contributed by atoms with Crippen LogP contribution in [0.15, 0.2) is 12.4 Å². The maximum Gasteiger partial charge on any atom is 0.202 e. The van der Waals surface area contributed by atoms with Crippen molar-refractivity contribution in [2.75, 3.05) is 5.32 Å². The molecule has 3 saturated carbocycles. The van der Waals surface area contributed by atoms with Crippen LogP contribution in [-0.4, -0.2) is 15.6 Å². The molecule has 0 amide bonds. The van der Waals surface area contributed by atoms with Crippen LogP contribution in [-0.2, 0) is 6.54 Å². The van der Waals surface area contributed by atoms with Crippen molar-refractivity contribution in [3.05, 3.63) is 12.4 Å². The Kier molecular flexibility index (Phi) is 2.20. The highest BCUT2D eigenvalue weighted by Crippen LogP contribution is 2.50. The average Bonchev–Trinajstić information content (AvgIpc) is 3.19. The normalized spacial score (nSPS) is 24.3. The van der Waals surface area contributed by atoms with Crippen molar-refractivity contribution in [3.8, 4) is 0 Å². The summed E-state index contributed by atoms with van der Waals surface area (Å²) in [4.78, 5) is 4.46. The van der Waals surface area contributed by atoms with E-state index in [1.165, 1.54) is 45.1 Å². The Hall–Kier alpha value is -0.990. The van der Waals surface area contributed by atoms with E-state index in [1.54, 1.807) is 0 Å². The third kappa shape index (κ3) is 2.20. The van der Waals surface area contributed by atoms with Crippen molar-refractivity contribution in [1.82, 2.24) is 9.55 Å². The second-order valence-corrected chi connectivity index (χ2v) is 6.16. The molecule has 0 spiro atoms. The van der Waals surface area contributed by atoms with E-state index < -0.39 is 0 Å². The fourth-order valence-corrected chi connectivity index (χ4v) is 2.97. The molecule has 0 bridgehead atoms. The minimum Gasteiger partial charge on any atom is -0.353 e. The Bertz CT molecular complexity index is 387. The predicted molar refractivity (Wildman–Crippen MR) is 67.8 cm³/mol. The van der Waals surface area contributed by atoms with Crippen molar-refractivity contribution < 1.29 is 0 Å². The summed E-state index contributed by atoms with van der Waals surface area (Å²) in [5.41, 5.74) is 0. The number of rotatable bonds is 6.